The number of nitrogens with zero attached hydrogens (tertiary/aromatic N) is 2. The molecule has 0 unspecified atom stereocenters. The Morgan fingerprint density at radius 3 is 2.52 bits per heavy atom. The molecule has 0 aliphatic heterocycles. The summed E-state index contributed by atoms with van der Waals surface area (Å²) in [5, 5.41) is 7.65. The molecular formula is C21H22N4O5S. The molecule has 2 aromatic heterocycles. The fourth-order valence-corrected chi connectivity index (χ4v) is 3.11. The number of hydrogen-bond donors (Lipinski definition) is 2. The largest absolute Gasteiger partial charge is 0.472 e. The molecule has 3 rings (SSSR count). The standard InChI is InChI=1S/C21H22N4O5S/c1-13(12-28-3)29-18-10-15(20(27)25-21-22-8-9-31-21)11-19(24-18)30-17-6-4-16(5-7-17)23-14(2)26/h4-11,13H,12H2,1-3H3,(H,23,26)(H,22,25,27)/t13-/m1/s1. The first-order chi connectivity index (χ1) is 14.9. The van der Waals surface area contributed by atoms with E-state index in [1.807, 2.05) is 6.92 Å². The second kappa shape index (κ2) is 10.5. The van der Waals surface area contributed by atoms with Crippen molar-refractivity contribution in [1.82, 2.24) is 9.97 Å². The zero-order valence-corrected chi connectivity index (χ0v) is 18.1. The van der Waals surface area contributed by atoms with Crippen LogP contribution in [0.5, 0.6) is 17.5 Å². The molecule has 31 heavy (non-hydrogen) atoms. The fraction of sp³-hybridized carbons (Fsp3) is 0.238. The van der Waals surface area contributed by atoms with Crippen LogP contribution in [0.1, 0.15) is 24.2 Å². The summed E-state index contributed by atoms with van der Waals surface area (Å²) in [6.45, 7) is 3.62. The molecule has 0 saturated carbocycles. The Labute approximate surface area is 183 Å². The summed E-state index contributed by atoms with van der Waals surface area (Å²) in [5.74, 6) is 0.351. The highest BCUT2D eigenvalue weighted by Crippen LogP contribution is 2.26. The van der Waals surface area contributed by atoms with Gasteiger partial charge in [0.25, 0.3) is 5.91 Å². The van der Waals surface area contributed by atoms with Crippen molar-refractivity contribution < 1.29 is 23.8 Å². The van der Waals surface area contributed by atoms with E-state index < -0.39 is 0 Å². The highest BCUT2D eigenvalue weighted by molar-refractivity contribution is 7.13. The Morgan fingerprint density at radius 2 is 1.87 bits per heavy atom. The smallest absolute Gasteiger partial charge is 0.257 e. The van der Waals surface area contributed by atoms with Crippen molar-refractivity contribution >= 4 is 34.0 Å². The SMILES string of the molecule is COC[C@@H](C)Oc1cc(C(=O)Nc2nccs2)cc(Oc2ccc(NC(C)=O)cc2)n1. The summed E-state index contributed by atoms with van der Waals surface area (Å²) < 4.78 is 16.7. The molecule has 10 heteroatoms. The van der Waals surface area contributed by atoms with Gasteiger partial charge >= 0.3 is 0 Å². The number of hydrogen-bond acceptors (Lipinski definition) is 8. The van der Waals surface area contributed by atoms with E-state index >= 15 is 0 Å². The summed E-state index contributed by atoms with van der Waals surface area (Å²) in [4.78, 5) is 32.2. The van der Waals surface area contributed by atoms with Gasteiger partial charge in [0, 0.05) is 43.4 Å². The van der Waals surface area contributed by atoms with Gasteiger partial charge in [-0.1, -0.05) is 0 Å². The molecule has 0 bridgehead atoms. The minimum Gasteiger partial charge on any atom is -0.472 e. The molecule has 3 aromatic rings. The molecule has 0 radical (unpaired) electrons. The van der Waals surface area contributed by atoms with E-state index in [1.165, 1.54) is 30.4 Å². The molecule has 0 aliphatic rings. The van der Waals surface area contributed by atoms with Crippen LogP contribution >= 0.6 is 11.3 Å². The summed E-state index contributed by atoms with van der Waals surface area (Å²) in [7, 11) is 1.57. The Kier molecular flexibility index (Phi) is 7.52. The van der Waals surface area contributed by atoms with Crippen LogP contribution in [0.4, 0.5) is 10.8 Å². The molecule has 0 aliphatic carbocycles. The molecular weight excluding hydrogens is 420 g/mol. The molecule has 1 aromatic carbocycles. The third-order valence-corrected chi connectivity index (χ3v) is 4.50. The van der Waals surface area contributed by atoms with Crippen LogP contribution in [0, 0.1) is 0 Å². The van der Waals surface area contributed by atoms with Gasteiger partial charge in [0.15, 0.2) is 5.13 Å². The summed E-state index contributed by atoms with van der Waals surface area (Å²) >= 11 is 1.31. The topological polar surface area (TPSA) is 112 Å². The fourth-order valence-electron chi connectivity index (χ4n) is 2.58. The number of nitrogens with one attached hydrogen (secondary N) is 2. The Balaban J connectivity index is 1.83. The normalized spacial score (nSPS) is 11.5. The third kappa shape index (κ3) is 6.76. The summed E-state index contributed by atoms with van der Waals surface area (Å²) in [6.07, 6.45) is 1.33. The van der Waals surface area contributed by atoms with E-state index in [2.05, 4.69) is 20.6 Å². The van der Waals surface area contributed by atoms with Crippen LogP contribution in [-0.4, -0.2) is 41.6 Å². The van der Waals surface area contributed by atoms with Crippen molar-refractivity contribution in [3.05, 3.63) is 53.5 Å². The van der Waals surface area contributed by atoms with Crippen LogP contribution in [-0.2, 0) is 9.53 Å². The van der Waals surface area contributed by atoms with Crippen molar-refractivity contribution in [2.24, 2.45) is 0 Å². The number of benzene rings is 1. The number of amides is 2. The number of ether oxygens (including phenoxy) is 3. The van der Waals surface area contributed by atoms with Crippen LogP contribution in [0.15, 0.2) is 48.0 Å². The second-order valence-electron chi connectivity index (χ2n) is 6.52. The second-order valence-corrected chi connectivity index (χ2v) is 7.41. The van der Waals surface area contributed by atoms with Gasteiger partial charge in [-0.3, -0.25) is 14.9 Å². The number of methoxy groups -OCH3 is 1. The van der Waals surface area contributed by atoms with E-state index in [9.17, 15) is 9.59 Å². The van der Waals surface area contributed by atoms with E-state index in [0.717, 1.165) is 0 Å². The maximum atomic E-state index is 12.7. The molecule has 0 spiro atoms. The van der Waals surface area contributed by atoms with Crippen LogP contribution in [0.25, 0.3) is 0 Å². The maximum Gasteiger partial charge on any atom is 0.257 e. The predicted octanol–water partition coefficient (Wildman–Crippen LogP) is 3.95. The average Bonchev–Trinajstić information content (AvgIpc) is 3.22. The lowest BCUT2D eigenvalue weighted by Crippen LogP contribution is -2.19. The van der Waals surface area contributed by atoms with Gasteiger partial charge < -0.3 is 19.5 Å². The van der Waals surface area contributed by atoms with Crippen molar-refractivity contribution in [3.8, 4) is 17.5 Å². The maximum absolute atomic E-state index is 12.7. The van der Waals surface area contributed by atoms with E-state index in [4.69, 9.17) is 14.2 Å². The molecule has 1 atom stereocenters. The van der Waals surface area contributed by atoms with E-state index in [-0.39, 0.29) is 29.7 Å². The number of rotatable bonds is 9. The first-order valence-electron chi connectivity index (χ1n) is 9.37. The van der Waals surface area contributed by atoms with Crippen molar-refractivity contribution in [2.75, 3.05) is 24.4 Å². The van der Waals surface area contributed by atoms with Gasteiger partial charge in [0.1, 0.15) is 11.9 Å². The van der Waals surface area contributed by atoms with Gasteiger partial charge in [-0.05, 0) is 31.2 Å². The Hall–Kier alpha value is -3.50. The van der Waals surface area contributed by atoms with Crippen LogP contribution in [0.2, 0.25) is 0 Å². The highest BCUT2D eigenvalue weighted by Gasteiger charge is 2.15. The van der Waals surface area contributed by atoms with Crippen LogP contribution in [0.3, 0.4) is 0 Å². The number of carbonyl (C=O) groups excluding carboxylic acids is 2. The van der Waals surface area contributed by atoms with E-state index in [1.54, 1.807) is 43.0 Å². The molecule has 2 N–H and O–H groups in total. The minimum absolute atomic E-state index is 0.166. The van der Waals surface area contributed by atoms with Crippen molar-refractivity contribution in [3.63, 3.8) is 0 Å². The highest BCUT2D eigenvalue weighted by atomic mass is 32.1. The van der Waals surface area contributed by atoms with Gasteiger partial charge in [-0.15, -0.1) is 11.3 Å². The first-order valence-corrected chi connectivity index (χ1v) is 10.2. The van der Waals surface area contributed by atoms with Crippen LogP contribution < -0.4 is 20.1 Å². The minimum atomic E-state index is -0.368. The molecule has 162 valence electrons. The first kappa shape index (κ1) is 22.2. The monoisotopic (exact) mass is 442 g/mol. The average molecular weight is 442 g/mol. The third-order valence-electron chi connectivity index (χ3n) is 3.81. The van der Waals surface area contributed by atoms with Gasteiger partial charge in [-0.2, -0.15) is 4.98 Å². The van der Waals surface area contributed by atoms with Gasteiger partial charge in [-0.25, -0.2) is 4.98 Å². The lowest BCUT2D eigenvalue weighted by Gasteiger charge is -2.15. The summed E-state index contributed by atoms with van der Waals surface area (Å²) in [6, 6.07) is 9.81. The zero-order valence-electron chi connectivity index (χ0n) is 17.2. The van der Waals surface area contributed by atoms with Crippen molar-refractivity contribution in [2.45, 2.75) is 20.0 Å². The molecule has 2 heterocycles. The van der Waals surface area contributed by atoms with E-state index in [0.29, 0.717) is 28.7 Å². The molecule has 0 fully saturated rings. The quantitative estimate of drug-likeness (QED) is 0.516. The molecule has 0 saturated heterocycles. The number of pyridine rings is 1. The van der Waals surface area contributed by atoms with Crippen molar-refractivity contribution in [1.29, 1.82) is 0 Å². The number of thiazole rings is 1. The van der Waals surface area contributed by atoms with Gasteiger partial charge in [0.05, 0.1) is 12.2 Å². The molecule has 2 amide bonds. The Bertz CT molecular complexity index is 1020. The zero-order chi connectivity index (χ0) is 22.2. The number of anilines is 2. The predicted molar refractivity (Wildman–Crippen MR) is 117 cm³/mol. The number of aromatic nitrogens is 2. The number of carbonyl (C=O) groups is 2. The summed E-state index contributed by atoms with van der Waals surface area (Å²) in [5.41, 5.74) is 0.941. The molecule has 9 nitrogen and oxygen atoms in total. The lowest BCUT2D eigenvalue weighted by atomic mass is 10.2. The lowest BCUT2D eigenvalue weighted by molar-refractivity contribution is -0.114. The Morgan fingerprint density at radius 1 is 1.13 bits per heavy atom. The van der Waals surface area contributed by atoms with Gasteiger partial charge in [0.2, 0.25) is 17.7 Å².